The standard InChI is InChI=1S/C10H13BrCl2N2O2S.ClH/c1-6(5-14)15(2)18(16,17)8-4-3-7(11)9(12)10(8)13;/h3-4,6H,5,14H2,1-2H3;1H. The molecule has 0 amide bonds. The SMILES string of the molecule is CC(CN)N(C)S(=O)(=O)c1ccc(Br)c(Cl)c1Cl.Cl. The molecule has 1 aromatic carbocycles. The Hall–Kier alpha value is 0.440. The fourth-order valence-electron chi connectivity index (χ4n) is 1.25. The molecule has 9 heteroatoms. The summed E-state index contributed by atoms with van der Waals surface area (Å²) in [7, 11) is -2.25. The van der Waals surface area contributed by atoms with Crippen molar-refractivity contribution in [3.8, 4) is 0 Å². The van der Waals surface area contributed by atoms with Gasteiger partial charge in [-0.15, -0.1) is 12.4 Å². The highest BCUT2D eigenvalue weighted by Gasteiger charge is 2.28. The summed E-state index contributed by atoms with van der Waals surface area (Å²) in [6.45, 7) is 1.93. The van der Waals surface area contributed by atoms with E-state index in [9.17, 15) is 8.42 Å². The molecule has 0 fully saturated rings. The summed E-state index contributed by atoms with van der Waals surface area (Å²) in [5.74, 6) is 0. The summed E-state index contributed by atoms with van der Waals surface area (Å²) in [6, 6.07) is 2.63. The molecule has 19 heavy (non-hydrogen) atoms. The Bertz CT molecular complexity index is 554. The van der Waals surface area contributed by atoms with Gasteiger partial charge in [0.2, 0.25) is 10.0 Å². The van der Waals surface area contributed by atoms with Gasteiger partial charge in [-0.25, -0.2) is 8.42 Å². The summed E-state index contributed by atoms with van der Waals surface area (Å²) in [5, 5.41) is 0.175. The van der Waals surface area contributed by atoms with Crippen LogP contribution in [0.3, 0.4) is 0 Å². The molecule has 110 valence electrons. The molecular weight excluding hydrogens is 398 g/mol. The van der Waals surface area contributed by atoms with Gasteiger partial charge in [0.15, 0.2) is 0 Å². The number of halogens is 4. The highest BCUT2D eigenvalue weighted by atomic mass is 79.9. The third kappa shape index (κ3) is 3.97. The smallest absolute Gasteiger partial charge is 0.244 e. The lowest BCUT2D eigenvalue weighted by molar-refractivity contribution is 0.394. The minimum absolute atomic E-state index is 0. The van der Waals surface area contributed by atoms with Crippen molar-refractivity contribution in [3.05, 3.63) is 26.7 Å². The van der Waals surface area contributed by atoms with E-state index in [1.807, 2.05) is 0 Å². The molecule has 0 bridgehead atoms. The normalized spacial score (nSPS) is 13.2. The van der Waals surface area contributed by atoms with E-state index in [-0.39, 0.29) is 39.9 Å². The predicted octanol–water partition coefficient (Wildman–Crippen LogP) is 3.15. The van der Waals surface area contributed by atoms with E-state index in [1.54, 1.807) is 13.0 Å². The second-order valence-electron chi connectivity index (χ2n) is 3.78. The Labute approximate surface area is 137 Å². The van der Waals surface area contributed by atoms with Crippen LogP contribution in [0.25, 0.3) is 0 Å². The molecule has 0 aromatic heterocycles. The molecule has 0 aliphatic carbocycles. The summed E-state index contributed by atoms with van der Waals surface area (Å²) in [5.41, 5.74) is 5.47. The van der Waals surface area contributed by atoms with Crippen LogP contribution < -0.4 is 5.73 Å². The van der Waals surface area contributed by atoms with Gasteiger partial charge in [-0.2, -0.15) is 4.31 Å². The average molecular weight is 413 g/mol. The van der Waals surface area contributed by atoms with Crippen molar-refractivity contribution in [2.75, 3.05) is 13.6 Å². The lowest BCUT2D eigenvalue weighted by atomic mass is 10.3. The van der Waals surface area contributed by atoms with Gasteiger partial charge < -0.3 is 5.73 Å². The van der Waals surface area contributed by atoms with Crippen molar-refractivity contribution in [1.29, 1.82) is 0 Å². The number of nitrogens with two attached hydrogens (primary N) is 1. The fourth-order valence-corrected chi connectivity index (χ4v) is 3.81. The number of nitrogens with zero attached hydrogens (tertiary/aromatic N) is 1. The van der Waals surface area contributed by atoms with E-state index >= 15 is 0 Å². The van der Waals surface area contributed by atoms with Crippen LogP contribution in [-0.4, -0.2) is 32.4 Å². The third-order valence-electron chi connectivity index (χ3n) is 2.62. The molecule has 1 atom stereocenters. The first-order chi connectivity index (χ1) is 8.23. The predicted molar refractivity (Wildman–Crippen MR) is 84.9 cm³/mol. The van der Waals surface area contributed by atoms with Crippen LogP contribution in [-0.2, 0) is 10.0 Å². The molecule has 2 N–H and O–H groups in total. The molecular formula is C10H14BrCl3N2O2S. The van der Waals surface area contributed by atoms with Crippen LogP contribution in [0.4, 0.5) is 0 Å². The Morgan fingerprint density at radius 3 is 2.37 bits per heavy atom. The molecule has 0 spiro atoms. The molecule has 0 aliphatic heterocycles. The lowest BCUT2D eigenvalue weighted by Gasteiger charge is -2.23. The van der Waals surface area contributed by atoms with Crippen LogP contribution in [0.1, 0.15) is 6.92 Å². The molecule has 0 aliphatic rings. The first-order valence-corrected chi connectivity index (χ1v) is 8.04. The third-order valence-corrected chi connectivity index (χ3v) is 6.52. The summed E-state index contributed by atoms with van der Waals surface area (Å²) < 4.78 is 26.4. The van der Waals surface area contributed by atoms with E-state index < -0.39 is 10.0 Å². The highest BCUT2D eigenvalue weighted by molar-refractivity contribution is 9.10. The zero-order valence-corrected chi connectivity index (χ0v) is 15.0. The molecule has 1 rings (SSSR count). The zero-order valence-electron chi connectivity index (χ0n) is 10.2. The Kier molecular flexibility index (Phi) is 7.62. The van der Waals surface area contributed by atoms with E-state index in [1.165, 1.54) is 17.4 Å². The van der Waals surface area contributed by atoms with E-state index in [4.69, 9.17) is 28.9 Å². The van der Waals surface area contributed by atoms with Crippen LogP contribution in [0, 0.1) is 0 Å². The Morgan fingerprint density at radius 1 is 1.37 bits per heavy atom. The van der Waals surface area contributed by atoms with E-state index in [0.717, 1.165) is 0 Å². The largest absolute Gasteiger partial charge is 0.329 e. The average Bonchev–Trinajstić information content (AvgIpc) is 2.33. The monoisotopic (exact) mass is 410 g/mol. The van der Waals surface area contributed by atoms with Crippen molar-refractivity contribution in [1.82, 2.24) is 4.31 Å². The van der Waals surface area contributed by atoms with Crippen molar-refractivity contribution in [2.24, 2.45) is 5.73 Å². The number of benzene rings is 1. The first kappa shape index (κ1) is 19.4. The first-order valence-electron chi connectivity index (χ1n) is 5.05. The lowest BCUT2D eigenvalue weighted by Crippen LogP contribution is -2.39. The maximum absolute atomic E-state index is 12.3. The minimum Gasteiger partial charge on any atom is -0.329 e. The summed E-state index contributed by atoms with van der Waals surface area (Å²) >= 11 is 15.1. The van der Waals surface area contributed by atoms with Crippen molar-refractivity contribution < 1.29 is 8.42 Å². The van der Waals surface area contributed by atoms with Crippen LogP contribution in [0.5, 0.6) is 0 Å². The van der Waals surface area contributed by atoms with Gasteiger partial charge in [-0.1, -0.05) is 23.2 Å². The fraction of sp³-hybridized carbons (Fsp3) is 0.400. The van der Waals surface area contributed by atoms with Gasteiger partial charge in [0.25, 0.3) is 0 Å². The number of hydrogen-bond donors (Lipinski definition) is 1. The Morgan fingerprint density at radius 2 is 1.89 bits per heavy atom. The number of hydrogen-bond acceptors (Lipinski definition) is 3. The molecule has 1 unspecified atom stereocenters. The highest BCUT2D eigenvalue weighted by Crippen LogP contribution is 2.36. The zero-order chi connectivity index (χ0) is 14.1. The Balaban J connectivity index is 0.00000324. The molecule has 4 nitrogen and oxygen atoms in total. The van der Waals surface area contributed by atoms with Crippen molar-refractivity contribution in [3.63, 3.8) is 0 Å². The quantitative estimate of drug-likeness (QED) is 0.773. The van der Waals surface area contributed by atoms with Gasteiger partial charge in [0.1, 0.15) is 4.90 Å². The van der Waals surface area contributed by atoms with Gasteiger partial charge in [0.05, 0.1) is 10.0 Å². The summed E-state index contributed by atoms with van der Waals surface area (Å²) in [6.07, 6.45) is 0. The number of sulfonamides is 1. The van der Waals surface area contributed by atoms with Gasteiger partial charge >= 0.3 is 0 Å². The van der Waals surface area contributed by atoms with Gasteiger partial charge in [0, 0.05) is 24.1 Å². The minimum atomic E-state index is -3.70. The maximum Gasteiger partial charge on any atom is 0.244 e. The van der Waals surface area contributed by atoms with Crippen LogP contribution in [0.15, 0.2) is 21.5 Å². The second-order valence-corrected chi connectivity index (χ2v) is 7.36. The maximum atomic E-state index is 12.3. The van der Waals surface area contributed by atoms with Crippen molar-refractivity contribution >= 4 is 61.6 Å². The van der Waals surface area contributed by atoms with E-state index in [0.29, 0.717) is 4.47 Å². The van der Waals surface area contributed by atoms with Crippen LogP contribution in [0.2, 0.25) is 10.0 Å². The van der Waals surface area contributed by atoms with E-state index in [2.05, 4.69) is 15.9 Å². The van der Waals surface area contributed by atoms with Crippen LogP contribution >= 0.6 is 51.5 Å². The number of rotatable bonds is 4. The molecule has 0 saturated heterocycles. The van der Waals surface area contributed by atoms with Crippen molar-refractivity contribution in [2.45, 2.75) is 17.9 Å². The molecule has 0 heterocycles. The molecule has 0 radical (unpaired) electrons. The van der Waals surface area contributed by atoms with Gasteiger partial charge in [-0.3, -0.25) is 0 Å². The summed E-state index contributed by atoms with van der Waals surface area (Å²) in [4.78, 5) is -0.0276. The van der Waals surface area contributed by atoms with Gasteiger partial charge in [-0.05, 0) is 35.0 Å². The topological polar surface area (TPSA) is 63.4 Å². The molecule has 1 aromatic rings. The molecule has 0 saturated carbocycles. The number of likely N-dealkylation sites (N-methyl/N-ethyl adjacent to an activating group) is 1. The second kappa shape index (κ2) is 7.45.